The van der Waals surface area contributed by atoms with Gasteiger partial charge in [0, 0.05) is 38.3 Å². The predicted molar refractivity (Wildman–Crippen MR) is 110 cm³/mol. The van der Waals surface area contributed by atoms with E-state index in [1.54, 1.807) is 6.33 Å². The van der Waals surface area contributed by atoms with Gasteiger partial charge in [-0.05, 0) is 38.5 Å². The van der Waals surface area contributed by atoms with Crippen LogP contribution in [0.15, 0.2) is 24.5 Å². The van der Waals surface area contributed by atoms with E-state index in [1.807, 2.05) is 6.07 Å². The molecule has 1 aromatic carbocycles. The molecule has 2 aromatic rings. The molecule has 1 aromatic heterocycles. The van der Waals surface area contributed by atoms with Crippen molar-refractivity contribution in [2.75, 3.05) is 48.9 Å². The number of nitrogens with one attached hydrogen (secondary N) is 1. The van der Waals surface area contributed by atoms with E-state index >= 15 is 0 Å². The van der Waals surface area contributed by atoms with Crippen LogP contribution < -0.4 is 25.4 Å². The van der Waals surface area contributed by atoms with Crippen LogP contribution >= 0.6 is 0 Å². The van der Waals surface area contributed by atoms with Gasteiger partial charge in [0.1, 0.15) is 12.0 Å². The number of piperazine rings is 1. The summed E-state index contributed by atoms with van der Waals surface area (Å²) < 4.78 is 10.9. The van der Waals surface area contributed by atoms with Gasteiger partial charge in [0.15, 0.2) is 23.1 Å². The van der Waals surface area contributed by atoms with Crippen LogP contribution in [-0.2, 0) is 6.54 Å². The lowest BCUT2D eigenvalue weighted by molar-refractivity contribution is 0.174. The minimum Gasteiger partial charge on any atom is -0.454 e. The van der Waals surface area contributed by atoms with Crippen molar-refractivity contribution in [3.63, 3.8) is 0 Å². The number of aromatic nitrogens is 2. The smallest absolute Gasteiger partial charge is 0.231 e. The predicted octanol–water partition coefficient (Wildman–Crippen LogP) is 2.32. The molecule has 1 fully saturated rings. The van der Waals surface area contributed by atoms with Crippen LogP contribution in [0.5, 0.6) is 11.5 Å². The molecule has 28 heavy (non-hydrogen) atoms. The Morgan fingerprint density at radius 3 is 2.57 bits per heavy atom. The molecule has 3 N–H and O–H groups in total. The Hall–Kier alpha value is -2.74. The molecule has 0 saturated carbocycles. The van der Waals surface area contributed by atoms with Gasteiger partial charge >= 0.3 is 0 Å². The Morgan fingerprint density at radius 2 is 1.82 bits per heavy atom. The Balaban J connectivity index is 1.38. The molecule has 0 bridgehead atoms. The highest BCUT2D eigenvalue weighted by Gasteiger charge is 2.23. The number of ether oxygens (including phenoxy) is 2. The number of hydrogen-bond donors (Lipinski definition) is 2. The third-order valence-electron chi connectivity index (χ3n) is 4.87. The van der Waals surface area contributed by atoms with E-state index < -0.39 is 0 Å². The second-order valence-electron chi connectivity index (χ2n) is 8.29. The van der Waals surface area contributed by atoms with Gasteiger partial charge in [-0.25, -0.2) is 9.97 Å². The average Bonchev–Trinajstić information content (AvgIpc) is 3.11. The molecule has 2 aliphatic rings. The summed E-state index contributed by atoms with van der Waals surface area (Å²) in [4.78, 5) is 13.4. The standard InChI is InChI=1S/C20H28N6O2/c1-20(2,3)24-18-17(21)19(23-12-22-18)26-8-6-25(7-9-26)11-14-4-5-15-16(10-14)28-13-27-15/h4-5,10,12H,6-9,11,13,21H2,1-3H3,(H,22,23,24). The highest BCUT2D eigenvalue weighted by atomic mass is 16.7. The van der Waals surface area contributed by atoms with Crippen LogP contribution in [0.25, 0.3) is 0 Å². The van der Waals surface area contributed by atoms with E-state index in [0.717, 1.165) is 50.0 Å². The van der Waals surface area contributed by atoms with Crippen molar-refractivity contribution in [3.05, 3.63) is 30.1 Å². The van der Waals surface area contributed by atoms with Gasteiger partial charge in [0.2, 0.25) is 6.79 Å². The lowest BCUT2D eigenvalue weighted by atomic mass is 10.1. The van der Waals surface area contributed by atoms with Crippen molar-refractivity contribution in [1.29, 1.82) is 0 Å². The van der Waals surface area contributed by atoms with Crippen molar-refractivity contribution in [2.45, 2.75) is 32.9 Å². The van der Waals surface area contributed by atoms with Crippen molar-refractivity contribution in [3.8, 4) is 11.5 Å². The van der Waals surface area contributed by atoms with Crippen LogP contribution in [0.3, 0.4) is 0 Å². The van der Waals surface area contributed by atoms with E-state index in [-0.39, 0.29) is 5.54 Å². The van der Waals surface area contributed by atoms with Gasteiger partial charge in [0.05, 0.1) is 0 Å². The van der Waals surface area contributed by atoms with E-state index in [2.05, 4.69) is 58.0 Å². The van der Waals surface area contributed by atoms with E-state index in [0.29, 0.717) is 18.3 Å². The Labute approximate surface area is 165 Å². The third-order valence-corrected chi connectivity index (χ3v) is 4.87. The lowest BCUT2D eigenvalue weighted by Gasteiger charge is -2.36. The second kappa shape index (κ2) is 7.35. The van der Waals surface area contributed by atoms with Crippen LogP contribution in [0.4, 0.5) is 17.3 Å². The normalized spacial score (nSPS) is 17.0. The number of rotatable bonds is 4. The quantitative estimate of drug-likeness (QED) is 0.830. The van der Waals surface area contributed by atoms with Gasteiger partial charge in [-0.3, -0.25) is 4.90 Å². The van der Waals surface area contributed by atoms with Crippen LogP contribution in [0.2, 0.25) is 0 Å². The lowest BCUT2D eigenvalue weighted by Crippen LogP contribution is -2.46. The van der Waals surface area contributed by atoms with Gasteiger partial charge in [-0.15, -0.1) is 0 Å². The van der Waals surface area contributed by atoms with E-state index in [4.69, 9.17) is 15.2 Å². The molecule has 0 spiro atoms. The van der Waals surface area contributed by atoms with Crippen molar-refractivity contribution < 1.29 is 9.47 Å². The third kappa shape index (κ3) is 4.06. The molecular weight excluding hydrogens is 356 g/mol. The minimum atomic E-state index is -0.108. The van der Waals surface area contributed by atoms with Crippen molar-refractivity contribution >= 4 is 17.3 Å². The summed E-state index contributed by atoms with van der Waals surface area (Å²) in [7, 11) is 0. The Bertz CT molecular complexity index is 843. The molecule has 4 rings (SSSR count). The SMILES string of the molecule is CC(C)(C)Nc1ncnc(N2CCN(Cc3ccc4c(c3)OCO4)CC2)c1N. The number of nitrogens with zero attached hydrogens (tertiary/aromatic N) is 4. The average molecular weight is 384 g/mol. The summed E-state index contributed by atoms with van der Waals surface area (Å²) in [5, 5.41) is 3.36. The van der Waals surface area contributed by atoms with Crippen LogP contribution in [-0.4, -0.2) is 53.4 Å². The maximum absolute atomic E-state index is 6.36. The summed E-state index contributed by atoms with van der Waals surface area (Å²) in [6, 6.07) is 6.16. The van der Waals surface area contributed by atoms with Gasteiger partial charge in [-0.2, -0.15) is 0 Å². The summed E-state index contributed by atoms with van der Waals surface area (Å²) in [6.45, 7) is 11.1. The second-order valence-corrected chi connectivity index (χ2v) is 8.29. The largest absolute Gasteiger partial charge is 0.454 e. The zero-order valence-electron chi connectivity index (χ0n) is 16.7. The number of hydrogen-bond acceptors (Lipinski definition) is 8. The molecular formula is C20H28N6O2. The number of nitrogen functional groups attached to an aromatic ring is 1. The molecule has 2 aliphatic heterocycles. The Morgan fingerprint density at radius 1 is 1.07 bits per heavy atom. The molecule has 150 valence electrons. The fourth-order valence-electron chi connectivity index (χ4n) is 3.51. The van der Waals surface area contributed by atoms with Gasteiger partial charge < -0.3 is 25.4 Å². The monoisotopic (exact) mass is 384 g/mol. The van der Waals surface area contributed by atoms with Crippen LogP contribution in [0, 0.1) is 0 Å². The molecule has 8 heteroatoms. The highest BCUT2D eigenvalue weighted by Crippen LogP contribution is 2.33. The zero-order valence-corrected chi connectivity index (χ0v) is 16.7. The number of anilines is 3. The number of nitrogens with two attached hydrogens (primary N) is 1. The highest BCUT2D eigenvalue weighted by molar-refractivity contribution is 5.75. The fourth-order valence-corrected chi connectivity index (χ4v) is 3.51. The topological polar surface area (TPSA) is 88.8 Å². The maximum Gasteiger partial charge on any atom is 0.231 e. The first-order valence-electron chi connectivity index (χ1n) is 9.63. The summed E-state index contributed by atoms with van der Waals surface area (Å²) in [5.74, 6) is 3.17. The van der Waals surface area contributed by atoms with Crippen molar-refractivity contribution in [1.82, 2.24) is 14.9 Å². The first kappa shape index (κ1) is 18.6. The summed E-state index contributed by atoms with van der Waals surface area (Å²) in [6.07, 6.45) is 1.58. The Kier molecular flexibility index (Phi) is 4.89. The molecule has 0 radical (unpaired) electrons. The minimum absolute atomic E-state index is 0.108. The first-order valence-corrected chi connectivity index (χ1v) is 9.63. The zero-order chi connectivity index (χ0) is 19.7. The molecule has 1 saturated heterocycles. The number of benzene rings is 1. The molecule has 8 nitrogen and oxygen atoms in total. The molecule has 0 amide bonds. The maximum atomic E-state index is 6.36. The number of fused-ring (bicyclic) bond motifs is 1. The summed E-state index contributed by atoms with van der Waals surface area (Å²) in [5.41, 5.74) is 8.10. The van der Waals surface area contributed by atoms with E-state index in [9.17, 15) is 0 Å². The van der Waals surface area contributed by atoms with E-state index in [1.165, 1.54) is 5.56 Å². The molecule has 3 heterocycles. The van der Waals surface area contributed by atoms with Gasteiger partial charge in [0.25, 0.3) is 0 Å². The van der Waals surface area contributed by atoms with Crippen LogP contribution in [0.1, 0.15) is 26.3 Å². The molecule has 0 atom stereocenters. The fraction of sp³-hybridized carbons (Fsp3) is 0.500. The molecule has 0 aliphatic carbocycles. The summed E-state index contributed by atoms with van der Waals surface area (Å²) >= 11 is 0. The first-order chi connectivity index (χ1) is 13.4. The van der Waals surface area contributed by atoms with Gasteiger partial charge in [-0.1, -0.05) is 6.07 Å². The van der Waals surface area contributed by atoms with Crippen molar-refractivity contribution in [2.24, 2.45) is 0 Å². The molecule has 0 unspecified atom stereocenters.